The monoisotopic (exact) mass is 392 g/mol. The average molecular weight is 393 g/mol. The molecule has 3 rings (SSSR count). The maximum absolute atomic E-state index is 6.04. The molecule has 1 aromatic carbocycles. The van der Waals surface area contributed by atoms with Crippen molar-refractivity contribution in [2.75, 3.05) is 6.54 Å². The fourth-order valence-corrected chi connectivity index (χ4v) is 4.12. The number of thiophene rings is 1. The summed E-state index contributed by atoms with van der Waals surface area (Å²) in [6.07, 6.45) is 0. The van der Waals surface area contributed by atoms with Gasteiger partial charge in [0.25, 0.3) is 0 Å². The highest BCUT2D eigenvalue weighted by molar-refractivity contribution is 7.71. The van der Waals surface area contributed by atoms with Crippen LogP contribution in [0.2, 0.25) is 4.34 Å². The molecule has 2 heterocycles. The smallest absolute Gasteiger partial charge is 0.199 e. The van der Waals surface area contributed by atoms with Gasteiger partial charge in [-0.15, -0.1) is 11.3 Å². The molecule has 0 amide bonds. The van der Waals surface area contributed by atoms with Gasteiger partial charge in [-0.3, -0.25) is 9.47 Å². The third kappa shape index (κ3) is 4.58. The van der Waals surface area contributed by atoms with E-state index in [2.05, 4.69) is 39.7 Å². The fourth-order valence-electron chi connectivity index (χ4n) is 2.70. The minimum absolute atomic E-state index is 0.674. The molecule has 25 heavy (non-hydrogen) atoms. The topological polar surface area (TPSA) is 26.0 Å². The first kappa shape index (κ1) is 18.3. The van der Waals surface area contributed by atoms with Crippen molar-refractivity contribution in [1.29, 1.82) is 0 Å². The van der Waals surface area contributed by atoms with Gasteiger partial charge in [-0.25, -0.2) is 4.68 Å². The van der Waals surface area contributed by atoms with E-state index in [0.29, 0.717) is 6.67 Å². The molecular weight excluding hydrogens is 372 g/mol. The van der Waals surface area contributed by atoms with Crippen LogP contribution in [0.4, 0.5) is 0 Å². The first-order valence-electron chi connectivity index (χ1n) is 8.21. The summed E-state index contributed by atoms with van der Waals surface area (Å²) in [5, 5.41) is 4.65. The van der Waals surface area contributed by atoms with E-state index < -0.39 is 0 Å². The second-order valence-corrected chi connectivity index (χ2v) is 8.06. The molecule has 4 nitrogen and oxygen atoms in total. The molecule has 0 spiro atoms. The van der Waals surface area contributed by atoms with Gasteiger partial charge >= 0.3 is 0 Å². The number of halogens is 1. The average Bonchev–Trinajstić information content (AvgIpc) is 3.13. The van der Waals surface area contributed by atoms with E-state index in [-0.39, 0.29) is 0 Å². The fraction of sp³-hybridized carbons (Fsp3) is 0.333. The maximum atomic E-state index is 6.04. The van der Waals surface area contributed by atoms with Crippen molar-refractivity contribution in [3.63, 3.8) is 0 Å². The highest BCUT2D eigenvalue weighted by atomic mass is 35.5. The van der Waals surface area contributed by atoms with Crippen LogP contribution >= 0.6 is 35.2 Å². The van der Waals surface area contributed by atoms with Crippen molar-refractivity contribution in [3.05, 3.63) is 67.8 Å². The summed E-state index contributed by atoms with van der Waals surface area (Å²) in [5.74, 6) is 0.934. The molecule has 0 bridgehead atoms. The van der Waals surface area contributed by atoms with E-state index in [1.54, 1.807) is 11.3 Å². The van der Waals surface area contributed by atoms with Crippen molar-refractivity contribution in [2.24, 2.45) is 0 Å². The Balaban J connectivity index is 1.76. The van der Waals surface area contributed by atoms with Gasteiger partial charge < -0.3 is 0 Å². The summed E-state index contributed by atoms with van der Waals surface area (Å²) in [7, 11) is 0. The summed E-state index contributed by atoms with van der Waals surface area (Å²) in [5.41, 5.74) is 1.22. The van der Waals surface area contributed by atoms with Crippen molar-refractivity contribution in [3.8, 4) is 0 Å². The standard InChI is InChI=1S/C18H21ClN4S2/c1-3-21(12-16-9-10-17(19)25-16)13-23-18(24)22(14(2)20-23)11-15-7-5-4-6-8-15/h4-10H,3,11-13H2,1-2H3. The Morgan fingerprint density at radius 2 is 1.96 bits per heavy atom. The number of rotatable bonds is 7. The molecule has 0 aliphatic heterocycles. The summed E-state index contributed by atoms with van der Waals surface area (Å²) in [6.45, 7) is 7.34. The Hall–Kier alpha value is -1.47. The van der Waals surface area contributed by atoms with Gasteiger partial charge in [-0.05, 0) is 43.4 Å². The van der Waals surface area contributed by atoms with Crippen LogP contribution in [0.5, 0.6) is 0 Å². The molecule has 0 fully saturated rings. The van der Waals surface area contributed by atoms with Gasteiger partial charge in [0, 0.05) is 11.4 Å². The van der Waals surface area contributed by atoms with E-state index >= 15 is 0 Å². The third-order valence-electron chi connectivity index (χ3n) is 4.08. The Morgan fingerprint density at radius 1 is 1.20 bits per heavy atom. The lowest BCUT2D eigenvalue weighted by molar-refractivity contribution is 0.208. The Labute approximate surface area is 162 Å². The Bertz CT molecular complexity index is 882. The molecule has 2 aromatic heterocycles. The van der Waals surface area contributed by atoms with Crippen molar-refractivity contribution in [2.45, 2.75) is 33.6 Å². The lowest BCUT2D eigenvalue weighted by atomic mass is 10.2. The first-order valence-corrected chi connectivity index (χ1v) is 9.82. The summed E-state index contributed by atoms with van der Waals surface area (Å²) in [4.78, 5) is 3.55. The molecule has 0 unspecified atom stereocenters. The molecule has 0 radical (unpaired) electrons. The number of aromatic nitrogens is 3. The molecule has 0 atom stereocenters. The van der Waals surface area contributed by atoms with Crippen LogP contribution in [0.1, 0.15) is 23.2 Å². The lowest BCUT2D eigenvalue weighted by Crippen LogP contribution is -2.26. The van der Waals surface area contributed by atoms with Crippen LogP contribution in [-0.2, 0) is 19.8 Å². The van der Waals surface area contributed by atoms with Gasteiger partial charge in [0.05, 0.1) is 17.5 Å². The minimum atomic E-state index is 0.674. The van der Waals surface area contributed by atoms with Gasteiger partial charge in [-0.1, -0.05) is 48.9 Å². The molecule has 0 saturated carbocycles. The number of benzene rings is 1. The second kappa shape index (κ2) is 8.27. The highest BCUT2D eigenvalue weighted by Gasteiger charge is 2.12. The largest absolute Gasteiger partial charge is 0.300 e. The maximum Gasteiger partial charge on any atom is 0.199 e. The minimum Gasteiger partial charge on any atom is -0.300 e. The molecule has 132 valence electrons. The van der Waals surface area contributed by atoms with E-state index in [1.807, 2.05) is 35.9 Å². The summed E-state index contributed by atoms with van der Waals surface area (Å²) in [6, 6.07) is 14.4. The van der Waals surface area contributed by atoms with E-state index in [1.165, 1.54) is 10.4 Å². The van der Waals surface area contributed by atoms with E-state index in [9.17, 15) is 0 Å². The highest BCUT2D eigenvalue weighted by Crippen LogP contribution is 2.22. The quantitative estimate of drug-likeness (QED) is 0.531. The molecular formula is C18H21ClN4S2. The molecule has 7 heteroatoms. The Kier molecular flexibility index (Phi) is 6.06. The van der Waals surface area contributed by atoms with Crippen molar-refractivity contribution >= 4 is 35.2 Å². The number of hydrogen-bond acceptors (Lipinski definition) is 4. The summed E-state index contributed by atoms with van der Waals surface area (Å²) < 4.78 is 5.57. The van der Waals surface area contributed by atoms with Crippen LogP contribution in [0, 0.1) is 11.7 Å². The normalized spacial score (nSPS) is 11.4. The zero-order valence-electron chi connectivity index (χ0n) is 14.4. The SMILES string of the molecule is CCN(Cc1ccc(Cl)s1)Cn1nc(C)n(Cc2ccccc2)c1=S. The van der Waals surface area contributed by atoms with Crippen LogP contribution in [-0.4, -0.2) is 25.8 Å². The third-order valence-corrected chi connectivity index (χ3v) is 5.73. The van der Waals surface area contributed by atoms with Gasteiger partial charge in [0.15, 0.2) is 4.77 Å². The Morgan fingerprint density at radius 3 is 2.60 bits per heavy atom. The van der Waals surface area contributed by atoms with E-state index in [4.69, 9.17) is 23.8 Å². The van der Waals surface area contributed by atoms with Crippen molar-refractivity contribution in [1.82, 2.24) is 19.2 Å². The van der Waals surface area contributed by atoms with Crippen LogP contribution < -0.4 is 0 Å². The predicted molar refractivity (Wildman–Crippen MR) is 107 cm³/mol. The second-order valence-electron chi connectivity index (χ2n) is 5.89. The predicted octanol–water partition coefficient (Wildman–Crippen LogP) is 4.97. The van der Waals surface area contributed by atoms with Gasteiger partial charge in [-0.2, -0.15) is 5.10 Å². The van der Waals surface area contributed by atoms with Crippen LogP contribution in [0.25, 0.3) is 0 Å². The zero-order chi connectivity index (χ0) is 17.8. The van der Waals surface area contributed by atoms with Gasteiger partial charge in [0.2, 0.25) is 0 Å². The van der Waals surface area contributed by atoms with Crippen molar-refractivity contribution < 1.29 is 0 Å². The summed E-state index contributed by atoms with van der Waals surface area (Å²) >= 11 is 13.3. The molecule has 0 saturated heterocycles. The molecule has 0 N–H and O–H groups in total. The van der Waals surface area contributed by atoms with Gasteiger partial charge in [0.1, 0.15) is 5.82 Å². The van der Waals surface area contributed by atoms with Crippen LogP contribution in [0.15, 0.2) is 42.5 Å². The number of hydrogen-bond donors (Lipinski definition) is 0. The van der Waals surface area contributed by atoms with Crippen LogP contribution in [0.3, 0.4) is 0 Å². The number of aryl methyl sites for hydroxylation is 1. The molecule has 0 aliphatic carbocycles. The zero-order valence-corrected chi connectivity index (χ0v) is 16.7. The van der Waals surface area contributed by atoms with E-state index in [0.717, 1.165) is 34.6 Å². The molecule has 3 aromatic rings. The lowest BCUT2D eigenvalue weighted by Gasteiger charge is -2.19. The number of nitrogens with zero attached hydrogens (tertiary/aromatic N) is 4. The molecule has 0 aliphatic rings. The first-order chi connectivity index (χ1) is 12.1.